The Labute approximate surface area is 131 Å². The molecule has 5 heteroatoms. The summed E-state index contributed by atoms with van der Waals surface area (Å²) in [6, 6.07) is 16.7. The minimum atomic E-state index is -3.34. The second-order valence-electron chi connectivity index (χ2n) is 5.05. The fourth-order valence-electron chi connectivity index (χ4n) is 2.00. The van der Waals surface area contributed by atoms with Gasteiger partial charge in [0.25, 0.3) is 0 Å². The lowest BCUT2D eigenvalue weighted by Gasteiger charge is -2.13. The summed E-state index contributed by atoms with van der Waals surface area (Å²) in [5.41, 5.74) is 1.84. The molecule has 0 amide bonds. The van der Waals surface area contributed by atoms with Gasteiger partial charge >= 0.3 is 0 Å². The molecule has 0 spiro atoms. The predicted octanol–water partition coefficient (Wildman–Crippen LogP) is 3.56. The van der Waals surface area contributed by atoms with E-state index in [0.717, 1.165) is 11.1 Å². The first-order valence-electron chi connectivity index (χ1n) is 6.73. The molecule has 2 rings (SSSR count). The molecule has 0 bridgehead atoms. The Hall–Kier alpha value is -1.36. The van der Waals surface area contributed by atoms with Crippen LogP contribution in [0.15, 0.2) is 54.6 Å². The van der Waals surface area contributed by atoms with Gasteiger partial charge in [0.2, 0.25) is 10.0 Å². The Morgan fingerprint density at radius 3 is 2.29 bits per heavy atom. The van der Waals surface area contributed by atoms with E-state index in [0.29, 0.717) is 11.6 Å². The molecule has 0 fully saturated rings. The van der Waals surface area contributed by atoms with Crippen molar-refractivity contribution in [1.82, 2.24) is 4.72 Å². The van der Waals surface area contributed by atoms with Crippen molar-refractivity contribution < 1.29 is 8.42 Å². The van der Waals surface area contributed by atoms with Crippen molar-refractivity contribution >= 4 is 21.6 Å². The summed E-state index contributed by atoms with van der Waals surface area (Å²) in [6.45, 7) is 2.39. The highest BCUT2D eigenvalue weighted by atomic mass is 35.5. The number of nitrogens with one attached hydrogen (secondary N) is 1. The van der Waals surface area contributed by atoms with E-state index in [-0.39, 0.29) is 11.7 Å². The Kier molecular flexibility index (Phi) is 5.39. The highest BCUT2D eigenvalue weighted by Gasteiger charge is 2.14. The largest absolute Gasteiger partial charge is 0.215 e. The van der Waals surface area contributed by atoms with Gasteiger partial charge in [0, 0.05) is 11.6 Å². The minimum absolute atomic E-state index is 0.0360. The smallest absolute Gasteiger partial charge is 0.214 e. The van der Waals surface area contributed by atoms with Gasteiger partial charge in [-0.1, -0.05) is 61.0 Å². The zero-order valence-corrected chi connectivity index (χ0v) is 13.4. The van der Waals surface area contributed by atoms with Crippen LogP contribution in [-0.4, -0.2) is 15.0 Å². The molecule has 2 aromatic rings. The summed E-state index contributed by atoms with van der Waals surface area (Å²) < 4.78 is 26.8. The van der Waals surface area contributed by atoms with Gasteiger partial charge in [0.05, 0.1) is 5.75 Å². The molecule has 1 atom stereocenters. The Balaban J connectivity index is 1.94. The van der Waals surface area contributed by atoms with Crippen LogP contribution in [0.25, 0.3) is 0 Å². The summed E-state index contributed by atoms with van der Waals surface area (Å²) in [5, 5.41) is 0.599. The number of hydrogen-bond acceptors (Lipinski definition) is 2. The van der Waals surface area contributed by atoms with Gasteiger partial charge in [0.15, 0.2) is 0 Å². The van der Waals surface area contributed by atoms with E-state index in [9.17, 15) is 8.42 Å². The SMILES string of the molecule is CC(CNS(=O)(=O)Cc1ccc(Cl)cc1)c1ccccc1. The quantitative estimate of drug-likeness (QED) is 0.883. The van der Waals surface area contributed by atoms with Crippen LogP contribution in [0.2, 0.25) is 5.02 Å². The van der Waals surface area contributed by atoms with Gasteiger partial charge < -0.3 is 0 Å². The minimum Gasteiger partial charge on any atom is -0.214 e. The molecular formula is C16H18ClNO2S. The Bertz CT molecular complexity index is 669. The zero-order valence-electron chi connectivity index (χ0n) is 11.8. The van der Waals surface area contributed by atoms with Crippen LogP contribution in [0.1, 0.15) is 24.0 Å². The van der Waals surface area contributed by atoms with Crippen LogP contribution in [0.3, 0.4) is 0 Å². The average Bonchev–Trinajstić information content (AvgIpc) is 2.48. The first-order chi connectivity index (χ1) is 9.96. The summed E-state index contributed by atoms with van der Waals surface area (Å²) in [5.74, 6) is 0.0947. The van der Waals surface area contributed by atoms with E-state index in [4.69, 9.17) is 11.6 Å². The van der Waals surface area contributed by atoms with Crippen LogP contribution in [0.5, 0.6) is 0 Å². The van der Waals surface area contributed by atoms with Gasteiger partial charge in [-0.15, -0.1) is 0 Å². The topological polar surface area (TPSA) is 46.2 Å². The van der Waals surface area contributed by atoms with Crippen molar-refractivity contribution in [2.75, 3.05) is 6.54 Å². The van der Waals surface area contributed by atoms with Crippen LogP contribution in [0, 0.1) is 0 Å². The van der Waals surface area contributed by atoms with E-state index in [2.05, 4.69) is 4.72 Å². The molecular weight excluding hydrogens is 306 g/mol. The van der Waals surface area contributed by atoms with E-state index < -0.39 is 10.0 Å². The molecule has 0 aliphatic heterocycles. The lowest BCUT2D eigenvalue weighted by molar-refractivity contribution is 0.574. The fourth-order valence-corrected chi connectivity index (χ4v) is 3.37. The zero-order chi connectivity index (χ0) is 15.3. The maximum absolute atomic E-state index is 12.1. The lowest BCUT2D eigenvalue weighted by Crippen LogP contribution is -2.28. The van der Waals surface area contributed by atoms with Crippen LogP contribution in [0.4, 0.5) is 0 Å². The van der Waals surface area contributed by atoms with Gasteiger partial charge in [-0.25, -0.2) is 13.1 Å². The van der Waals surface area contributed by atoms with Crippen molar-refractivity contribution in [3.63, 3.8) is 0 Å². The third kappa shape index (κ3) is 5.16. The molecule has 0 saturated heterocycles. The van der Waals surface area contributed by atoms with E-state index in [1.807, 2.05) is 37.3 Å². The van der Waals surface area contributed by atoms with Crippen LogP contribution in [-0.2, 0) is 15.8 Å². The van der Waals surface area contributed by atoms with Crippen molar-refractivity contribution in [1.29, 1.82) is 0 Å². The van der Waals surface area contributed by atoms with Crippen molar-refractivity contribution in [3.05, 3.63) is 70.7 Å². The standard InChI is InChI=1S/C16H18ClNO2S/c1-13(15-5-3-2-4-6-15)11-18-21(19,20)12-14-7-9-16(17)10-8-14/h2-10,13,18H,11-12H2,1H3. The van der Waals surface area contributed by atoms with Crippen molar-refractivity contribution in [2.24, 2.45) is 0 Å². The summed E-state index contributed by atoms with van der Waals surface area (Å²) in [7, 11) is -3.34. The highest BCUT2D eigenvalue weighted by Crippen LogP contribution is 2.15. The summed E-state index contributed by atoms with van der Waals surface area (Å²) in [4.78, 5) is 0. The Morgan fingerprint density at radius 1 is 1.05 bits per heavy atom. The van der Waals surface area contributed by atoms with Gasteiger partial charge in [-0.05, 0) is 29.2 Å². The third-order valence-electron chi connectivity index (χ3n) is 3.25. The molecule has 112 valence electrons. The molecule has 21 heavy (non-hydrogen) atoms. The summed E-state index contributed by atoms with van der Waals surface area (Å²) >= 11 is 5.79. The summed E-state index contributed by atoms with van der Waals surface area (Å²) in [6.07, 6.45) is 0. The molecule has 2 aromatic carbocycles. The van der Waals surface area contributed by atoms with Gasteiger partial charge in [-0.2, -0.15) is 0 Å². The van der Waals surface area contributed by atoms with Gasteiger partial charge in [-0.3, -0.25) is 0 Å². The maximum atomic E-state index is 12.1. The third-order valence-corrected chi connectivity index (χ3v) is 4.82. The second kappa shape index (κ2) is 7.07. The molecule has 0 heterocycles. The lowest BCUT2D eigenvalue weighted by atomic mass is 10.0. The first kappa shape index (κ1) is 16.0. The normalized spacial score (nSPS) is 13.0. The van der Waals surface area contributed by atoms with Crippen molar-refractivity contribution in [2.45, 2.75) is 18.6 Å². The van der Waals surface area contributed by atoms with Crippen molar-refractivity contribution in [3.8, 4) is 0 Å². The molecule has 0 aliphatic rings. The number of benzene rings is 2. The molecule has 1 unspecified atom stereocenters. The average molecular weight is 324 g/mol. The molecule has 0 aromatic heterocycles. The van der Waals surface area contributed by atoms with Crippen LogP contribution < -0.4 is 4.72 Å². The first-order valence-corrected chi connectivity index (χ1v) is 8.76. The maximum Gasteiger partial charge on any atom is 0.215 e. The number of halogens is 1. The monoisotopic (exact) mass is 323 g/mol. The second-order valence-corrected chi connectivity index (χ2v) is 7.29. The van der Waals surface area contributed by atoms with E-state index >= 15 is 0 Å². The molecule has 0 saturated carbocycles. The Morgan fingerprint density at radius 2 is 1.67 bits per heavy atom. The van der Waals surface area contributed by atoms with E-state index in [1.54, 1.807) is 24.3 Å². The van der Waals surface area contributed by atoms with Crippen LogP contribution >= 0.6 is 11.6 Å². The molecule has 3 nitrogen and oxygen atoms in total. The predicted molar refractivity (Wildman–Crippen MR) is 86.9 cm³/mol. The number of hydrogen-bond donors (Lipinski definition) is 1. The van der Waals surface area contributed by atoms with Gasteiger partial charge in [0.1, 0.15) is 0 Å². The highest BCUT2D eigenvalue weighted by molar-refractivity contribution is 7.88. The molecule has 1 N–H and O–H groups in total. The number of rotatable bonds is 6. The fraction of sp³-hybridized carbons (Fsp3) is 0.250. The molecule has 0 aliphatic carbocycles. The molecule has 0 radical (unpaired) electrons. The number of sulfonamides is 1. The van der Waals surface area contributed by atoms with E-state index in [1.165, 1.54) is 0 Å².